The summed E-state index contributed by atoms with van der Waals surface area (Å²) >= 11 is 0. The predicted octanol–water partition coefficient (Wildman–Crippen LogP) is 2.39. The third-order valence-corrected chi connectivity index (χ3v) is 4.57. The SMILES string of the molecule is CC(C)Cc1ccc(C(C)(CO)N2CCCNCC2)cc1. The molecule has 1 aromatic carbocycles. The summed E-state index contributed by atoms with van der Waals surface area (Å²) in [5, 5.41) is 13.5. The lowest BCUT2D eigenvalue weighted by atomic mass is 9.89. The summed E-state index contributed by atoms with van der Waals surface area (Å²) in [6.07, 6.45) is 2.25. The number of aliphatic hydroxyl groups excluding tert-OH is 1. The molecule has 0 spiro atoms. The molecule has 1 aliphatic rings. The van der Waals surface area contributed by atoms with Crippen molar-refractivity contribution in [2.24, 2.45) is 5.92 Å². The second-order valence-corrected chi connectivity index (χ2v) is 6.82. The van der Waals surface area contributed by atoms with Gasteiger partial charge in [-0.05, 0) is 43.4 Å². The molecule has 118 valence electrons. The molecule has 0 amide bonds. The number of nitrogens with one attached hydrogen (secondary N) is 1. The molecule has 1 unspecified atom stereocenters. The Bertz CT molecular complexity index is 421. The van der Waals surface area contributed by atoms with Gasteiger partial charge in [-0.1, -0.05) is 38.1 Å². The monoisotopic (exact) mass is 290 g/mol. The first-order valence-electron chi connectivity index (χ1n) is 8.22. The van der Waals surface area contributed by atoms with E-state index >= 15 is 0 Å². The van der Waals surface area contributed by atoms with Crippen LogP contribution in [0, 0.1) is 5.92 Å². The lowest BCUT2D eigenvalue weighted by Crippen LogP contribution is -2.48. The zero-order valence-corrected chi connectivity index (χ0v) is 13.7. The summed E-state index contributed by atoms with van der Waals surface area (Å²) in [6, 6.07) is 8.84. The molecule has 1 fully saturated rings. The average molecular weight is 290 g/mol. The maximum Gasteiger partial charge on any atom is 0.0665 e. The van der Waals surface area contributed by atoms with E-state index < -0.39 is 0 Å². The number of aliphatic hydroxyl groups is 1. The van der Waals surface area contributed by atoms with Gasteiger partial charge in [0.15, 0.2) is 0 Å². The molecule has 0 aromatic heterocycles. The van der Waals surface area contributed by atoms with E-state index in [2.05, 4.69) is 55.3 Å². The number of nitrogens with zero attached hydrogens (tertiary/aromatic N) is 1. The lowest BCUT2D eigenvalue weighted by Gasteiger charge is -2.40. The van der Waals surface area contributed by atoms with E-state index in [4.69, 9.17) is 0 Å². The zero-order valence-electron chi connectivity index (χ0n) is 13.7. The lowest BCUT2D eigenvalue weighted by molar-refractivity contribution is 0.0453. The van der Waals surface area contributed by atoms with Crippen LogP contribution in [0.2, 0.25) is 0 Å². The van der Waals surface area contributed by atoms with Gasteiger partial charge in [-0.3, -0.25) is 4.90 Å². The van der Waals surface area contributed by atoms with E-state index in [0.717, 1.165) is 39.0 Å². The van der Waals surface area contributed by atoms with Crippen LogP contribution in [0.25, 0.3) is 0 Å². The van der Waals surface area contributed by atoms with Crippen LogP contribution in [-0.4, -0.2) is 42.8 Å². The average Bonchev–Trinajstić information content (AvgIpc) is 2.76. The van der Waals surface area contributed by atoms with Crippen molar-refractivity contribution < 1.29 is 5.11 Å². The quantitative estimate of drug-likeness (QED) is 0.874. The standard InChI is InChI=1S/C18H30N2O/c1-15(2)13-16-5-7-17(8-6-16)18(3,14-21)20-11-4-9-19-10-12-20/h5-8,15,19,21H,4,9-14H2,1-3H3. The summed E-state index contributed by atoms with van der Waals surface area (Å²) in [4.78, 5) is 2.42. The molecule has 1 aliphatic heterocycles. The fourth-order valence-electron chi connectivity index (χ4n) is 3.18. The van der Waals surface area contributed by atoms with Gasteiger partial charge in [-0.2, -0.15) is 0 Å². The fraction of sp³-hybridized carbons (Fsp3) is 0.667. The Hall–Kier alpha value is -0.900. The van der Waals surface area contributed by atoms with Crippen LogP contribution in [-0.2, 0) is 12.0 Å². The first-order chi connectivity index (χ1) is 10.1. The fourth-order valence-corrected chi connectivity index (χ4v) is 3.18. The van der Waals surface area contributed by atoms with Gasteiger partial charge in [0.1, 0.15) is 0 Å². The third kappa shape index (κ3) is 4.06. The number of benzene rings is 1. The maximum absolute atomic E-state index is 10.0. The Labute approximate surface area is 129 Å². The first-order valence-corrected chi connectivity index (χ1v) is 8.22. The topological polar surface area (TPSA) is 35.5 Å². The molecular weight excluding hydrogens is 260 g/mol. The highest BCUT2D eigenvalue weighted by molar-refractivity contribution is 5.29. The second kappa shape index (κ2) is 7.39. The van der Waals surface area contributed by atoms with E-state index in [1.54, 1.807) is 0 Å². The summed E-state index contributed by atoms with van der Waals surface area (Å²) in [5.74, 6) is 0.678. The largest absolute Gasteiger partial charge is 0.394 e. The molecule has 0 radical (unpaired) electrons. The van der Waals surface area contributed by atoms with Crippen molar-refractivity contribution in [2.75, 3.05) is 32.8 Å². The van der Waals surface area contributed by atoms with Gasteiger partial charge in [-0.15, -0.1) is 0 Å². The second-order valence-electron chi connectivity index (χ2n) is 6.82. The van der Waals surface area contributed by atoms with Gasteiger partial charge < -0.3 is 10.4 Å². The van der Waals surface area contributed by atoms with Crippen molar-refractivity contribution in [1.82, 2.24) is 10.2 Å². The Morgan fingerprint density at radius 2 is 1.90 bits per heavy atom. The molecule has 21 heavy (non-hydrogen) atoms. The molecule has 0 aliphatic carbocycles. The molecule has 3 nitrogen and oxygen atoms in total. The van der Waals surface area contributed by atoms with Crippen molar-refractivity contribution in [2.45, 2.75) is 39.2 Å². The molecule has 1 aromatic rings. The Kier molecular flexibility index (Phi) is 5.80. The summed E-state index contributed by atoms with van der Waals surface area (Å²) in [5.41, 5.74) is 2.33. The van der Waals surface area contributed by atoms with E-state index in [1.165, 1.54) is 11.1 Å². The number of hydrogen-bond acceptors (Lipinski definition) is 3. The Balaban J connectivity index is 2.18. The highest BCUT2D eigenvalue weighted by atomic mass is 16.3. The normalized spacial score (nSPS) is 20.2. The van der Waals surface area contributed by atoms with Crippen LogP contribution in [0.15, 0.2) is 24.3 Å². The highest BCUT2D eigenvalue weighted by Gasteiger charge is 2.33. The summed E-state index contributed by atoms with van der Waals surface area (Å²) in [7, 11) is 0. The van der Waals surface area contributed by atoms with Crippen molar-refractivity contribution in [3.8, 4) is 0 Å². The van der Waals surface area contributed by atoms with Crippen LogP contribution in [0.4, 0.5) is 0 Å². The van der Waals surface area contributed by atoms with Gasteiger partial charge in [0.2, 0.25) is 0 Å². The molecule has 2 N–H and O–H groups in total. The molecular formula is C18H30N2O. The number of hydrogen-bond donors (Lipinski definition) is 2. The summed E-state index contributed by atoms with van der Waals surface area (Å²) in [6.45, 7) is 10.9. The van der Waals surface area contributed by atoms with Crippen LogP contribution in [0.3, 0.4) is 0 Å². The van der Waals surface area contributed by atoms with Crippen LogP contribution in [0.1, 0.15) is 38.3 Å². The van der Waals surface area contributed by atoms with Crippen molar-refractivity contribution in [1.29, 1.82) is 0 Å². The van der Waals surface area contributed by atoms with Crippen molar-refractivity contribution in [3.05, 3.63) is 35.4 Å². The maximum atomic E-state index is 10.0. The molecule has 0 bridgehead atoms. The van der Waals surface area contributed by atoms with Crippen molar-refractivity contribution in [3.63, 3.8) is 0 Å². The minimum atomic E-state index is -0.275. The van der Waals surface area contributed by atoms with Gasteiger partial charge in [0, 0.05) is 19.6 Å². The summed E-state index contributed by atoms with van der Waals surface area (Å²) < 4.78 is 0. The third-order valence-electron chi connectivity index (χ3n) is 4.57. The van der Waals surface area contributed by atoms with E-state index in [1.807, 2.05) is 0 Å². The molecule has 1 saturated heterocycles. The van der Waals surface area contributed by atoms with Gasteiger partial charge >= 0.3 is 0 Å². The van der Waals surface area contributed by atoms with E-state index in [9.17, 15) is 5.11 Å². The molecule has 1 heterocycles. The molecule has 0 saturated carbocycles. The van der Waals surface area contributed by atoms with Crippen LogP contribution in [0.5, 0.6) is 0 Å². The molecule has 2 rings (SSSR count). The first kappa shape index (κ1) is 16.5. The Morgan fingerprint density at radius 1 is 1.19 bits per heavy atom. The van der Waals surface area contributed by atoms with Gasteiger partial charge in [0.25, 0.3) is 0 Å². The van der Waals surface area contributed by atoms with Crippen molar-refractivity contribution >= 4 is 0 Å². The zero-order chi connectivity index (χ0) is 15.3. The smallest absolute Gasteiger partial charge is 0.0665 e. The predicted molar refractivity (Wildman–Crippen MR) is 88.5 cm³/mol. The van der Waals surface area contributed by atoms with E-state index in [-0.39, 0.29) is 12.1 Å². The molecule has 1 atom stereocenters. The highest BCUT2D eigenvalue weighted by Crippen LogP contribution is 2.29. The number of rotatable bonds is 5. The van der Waals surface area contributed by atoms with Crippen LogP contribution < -0.4 is 5.32 Å². The van der Waals surface area contributed by atoms with Crippen LogP contribution >= 0.6 is 0 Å². The van der Waals surface area contributed by atoms with Gasteiger partial charge in [-0.25, -0.2) is 0 Å². The van der Waals surface area contributed by atoms with Gasteiger partial charge in [0.05, 0.1) is 12.1 Å². The Morgan fingerprint density at radius 3 is 2.52 bits per heavy atom. The minimum Gasteiger partial charge on any atom is -0.394 e. The minimum absolute atomic E-state index is 0.163. The van der Waals surface area contributed by atoms with E-state index in [0.29, 0.717) is 5.92 Å². The molecule has 3 heteroatoms.